The average Bonchev–Trinajstić information content (AvgIpc) is 3.04. The fraction of sp³-hybridized carbons (Fsp3) is 0.600. The normalized spacial score (nSPS) is 21.4. The van der Waals surface area contributed by atoms with E-state index in [2.05, 4.69) is 5.32 Å². The molecule has 1 saturated heterocycles. The van der Waals surface area contributed by atoms with Crippen LogP contribution in [-0.4, -0.2) is 32.0 Å². The van der Waals surface area contributed by atoms with Crippen LogP contribution in [0.15, 0.2) is 24.3 Å². The summed E-state index contributed by atoms with van der Waals surface area (Å²) in [6, 6.07) is 7.39. The first-order valence-corrected chi connectivity index (χ1v) is 9.39. The van der Waals surface area contributed by atoms with E-state index in [1.54, 1.807) is 12.0 Å². The summed E-state index contributed by atoms with van der Waals surface area (Å²) < 4.78 is 5.14. The second kappa shape index (κ2) is 8.37. The molecule has 1 aromatic rings. The van der Waals surface area contributed by atoms with E-state index in [0.717, 1.165) is 30.3 Å². The highest BCUT2D eigenvalue weighted by molar-refractivity contribution is 6.00. The van der Waals surface area contributed by atoms with E-state index in [4.69, 9.17) is 4.74 Å². The van der Waals surface area contributed by atoms with E-state index in [0.29, 0.717) is 13.0 Å². The molecule has 0 aromatic heterocycles. The second-order valence-corrected chi connectivity index (χ2v) is 7.19. The van der Waals surface area contributed by atoms with Gasteiger partial charge in [-0.15, -0.1) is 0 Å². The standard InChI is InChI=1S/C20H28N2O3/c1-25-18-9-7-17(8-10-18)22-14-16(13-19(22)23)20(24)21-12-11-15-5-3-2-4-6-15/h7-10,15-16H,2-6,11-14H2,1H3,(H,21,24). The first-order chi connectivity index (χ1) is 12.2. The van der Waals surface area contributed by atoms with Crippen LogP contribution in [0.5, 0.6) is 5.75 Å². The van der Waals surface area contributed by atoms with Gasteiger partial charge in [-0.25, -0.2) is 0 Å². The van der Waals surface area contributed by atoms with Gasteiger partial charge in [0.2, 0.25) is 11.8 Å². The number of nitrogens with one attached hydrogen (secondary N) is 1. The predicted molar refractivity (Wildman–Crippen MR) is 97.7 cm³/mol. The van der Waals surface area contributed by atoms with E-state index in [-0.39, 0.29) is 17.7 Å². The van der Waals surface area contributed by atoms with Crippen molar-refractivity contribution in [3.63, 3.8) is 0 Å². The molecule has 0 bridgehead atoms. The van der Waals surface area contributed by atoms with Crippen LogP contribution in [0.3, 0.4) is 0 Å². The van der Waals surface area contributed by atoms with Crippen LogP contribution >= 0.6 is 0 Å². The Hall–Kier alpha value is -2.04. The molecule has 25 heavy (non-hydrogen) atoms. The molecule has 0 spiro atoms. The van der Waals surface area contributed by atoms with Crippen molar-refractivity contribution in [2.75, 3.05) is 25.1 Å². The predicted octanol–water partition coefficient (Wildman–Crippen LogP) is 3.13. The van der Waals surface area contributed by atoms with Crippen molar-refractivity contribution in [1.82, 2.24) is 5.32 Å². The van der Waals surface area contributed by atoms with Gasteiger partial charge >= 0.3 is 0 Å². The molecule has 2 amide bonds. The molecule has 1 heterocycles. The third kappa shape index (κ3) is 4.53. The maximum Gasteiger partial charge on any atom is 0.227 e. The molecule has 1 saturated carbocycles. The SMILES string of the molecule is COc1ccc(N2CC(C(=O)NCCC3CCCCC3)CC2=O)cc1. The van der Waals surface area contributed by atoms with Gasteiger partial charge in [-0.3, -0.25) is 9.59 Å². The minimum atomic E-state index is -0.249. The van der Waals surface area contributed by atoms with Crippen molar-refractivity contribution in [1.29, 1.82) is 0 Å². The van der Waals surface area contributed by atoms with Gasteiger partial charge in [-0.1, -0.05) is 32.1 Å². The van der Waals surface area contributed by atoms with E-state index >= 15 is 0 Å². The molecule has 3 rings (SSSR count). The lowest BCUT2D eigenvalue weighted by atomic mass is 9.87. The van der Waals surface area contributed by atoms with Crippen LogP contribution < -0.4 is 15.0 Å². The molecule has 1 aliphatic heterocycles. The van der Waals surface area contributed by atoms with E-state index < -0.39 is 0 Å². The number of amides is 2. The summed E-state index contributed by atoms with van der Waals surface area (Å²) in [7, 11) is 1.61. The molecule has 1 N–H and O–H groups in total. The minimum absolute atomic E-state index is 0.0117. The van der Waals surface area contributed by atoms with Crippen molar-refractivity contribution >= 4 is 17.5 Å². The van der Waals surface area contributed by atoms with E-state index in [1.165, 1.54) is 32.1 Å². The largest absolute Gasteiger partial charge is 0.497 e. The van der Waals surface area contributed by atoms with Gasteiger partial charge in [0.15, 0.2) is 0 Å². The maximum absolute atomic E-state index is 12.4. The third-order valence-corrected chi connectivity index (χ3v) is 5.46. The Morgan fingerprint density at radius 3 is 2.60 bits per heavy atom. The summed E-state index contributed by atoms with van der Waals surface area (Å²) in [6.45, 7) is 1.19. The number of nitrogens with zero attached hydrogens (tertiary/aromatic N) is 1. The summed E-state index contributed by atoms with van der Waals surface area (Å²) in [5.41, 5.74) is 0.823. The topological polar surface area (TPSA) is 58.6 Å². The van der Waals surface area contributed by atoms with Crippen LogP contribution in [-0.2, 0) is 9.59 Å². The summed E-state index contributed by atoms with van der Waals surface area (Å²) >= 11 is 0. The molecule has 1 aliphatic carbocycles. The molecular weight excluding hydrogens is 316 g/mol. The Bertz CT molecular complexity index is 593. The lowest BCUT2D eigenvalue weighted by molar-refractivity contribution is -0.126. The number of hydrogen-bond donors (Lipinski definition) is 1. The zero-order valence-electron chi connectivity index (χ0n) is 15.0. The summed E-state index contributed by atoms with van der Waals surface area (Å²) in [4.78, 5) is 26.4. The smallest absolute Gasteiger partial charge is 0.227 e. The number of rotatable bonds is 6. The van der Waals surface area contributed by atoms with Gasteiger partial charge in [0.25, 0.3) is 0 Å². The van der Waals surface area contributed by atoms with Gasteiger partial charge in [0.1, 0.15) is 5.75 Å². The Labute approximate surface area is 149 Å². The molecular formula is C20H28N2O3. The summed E-state index contributed by atoms with van der Waals surface area (Å²) in [5, 5.41) is 3.04. The highest BCUT2D eigenvalue weighted by Crippen LogP contribution is 2.28. The highest BCUT2D eigenvalue weighted by atomic mass is 16.5. The van der Waals surface area contributed by atoms with Gasteiger partial charge in [0.05, 0.1) is 13.0 Å². The van der Waals surface area contributed by atoms with Gasteiger partial charge in [-0.2, -0.15) is 0 Å². The number of methoxy groups -OCH3 is 1. The van der Waals surface area contributed by atoms with Gasteiger partial charge in [-0.05, 0) is 36.6 Å². The molecule has 136 valence electrons. The van der Waals surface area contributed by atoms with E-state index in [1.807, 2.05) is 24.3 Å². The second-order valence-electron chi connectivity index (χ2n) is 7.19. The fourth-order valence-corrected chi connectivity index (χ4v) is 3.91. The molecule has 2 aliphatic rings. The van der Waals surface area contributed by atoms with Crippen LogP contribution in [0.1, 0.15) is 44.9 Å². The molecule has 5 heteroatoms. The van der Waals surface area contributed by atoms with Crippen molar-refractivity contribution in [3.8, 4) is 5.75 Å². The molecule has 1 atom stereocenters. The molecule has 1 aromatic carbocycles. The Morgan fingerprint density at radius 2 is 1.92 bits per heavy atom. The Morgan fingerprint density at radius 1 is 1.20 bits per heavy atom. The Balaban J connectivity index is 1.48. The number of carbonyl (C=O) groups excluding carboxylic acids is 2. The zero-order valence-corrected chi connectivity index (χ0v) is 15.0. The van der Waals surface area contributed by atoms with Crippen molar-refractivity contribution in [3.05, 3.63) is 24.3 Å². The van der Waals surface area contributed by atoms with Gasteiger partial charge in [0, 0.05) is 25.2 Å². The average molecular weight is 344 g/mol. The van der Waals surface area contributed by atoms with Crippen LogP contribution in [0.4, 0.5) is 5.69 Å². The molecule has 1 unspecified atom stereocenters. The van der Waals surface area contributed by atoms with Crippen LogP contribution in [0.25, 0.3) is 0 Å². The first kappa shape index (κ1) is 17.8. The monoisotopic (exact) mass is 344 g/mol. The minimum Gasteiger partial charge on any atom is -0.497 e. The number of ether oxygens (including phenoxy) is 1. The summed E-state index contributed by atoms with van der Waals surface area (Å²) in [5.74, 6) is 1.29. The third-order valence-electron chi connectivity index (χ3n) is 5.46. The number of anilines is 1. The van der Waals surface area contributed by atoms with Crippen molar-refractivity contribution < 1.29 is 14.3 Å². The quantitative estimate of drug-likeness (QED) is 0.862. The van der Waals surface area contributed by atoms with Crippen molar-refractivity contribution in [2.24, 2.45) is 11.8 Å². The Kier molecular flexibility index (Phi) is 5.95. The van der Waals surface area contributed by atoms with Gasteiger partial charge < -0.3 is 15.0 Å². The number of benzene rings is 1. The lowest BCUT2D eigenvalue weighted by Crippen LogP contribution is -2.34. The maximum atomic E-state index is 12.4. The number of hydrogen-bond acceptors (Lipinski definition) is 3. The molecule has 5 nitrogen and oxygen atoms in total. The van der Waals surface area contributed by atoms with Crippen LogP contribution in [0.2, 0.25) is 0 Å². The fourth-order valence-electron chi connectivity index (χ4n) is 3.91. The van der Waals surface area contributed by atoms with Crippen molar-refractivity contribution in [2.45, 2.75) is 44.9 Å². The zero-order chi connectivity index (χ0) is 17.6. The molecule has 0 radical (unpaired) electrons. The molecule has 2 fully saturated rings. The van der Waals surface area contributed by atoms with E-state index in [9.17, 15) is 9.59 Å². The number of carbonyl (C=O) groups is 2. The highest BCUT2D eigenvalue weighted by Gasteiger charge is 2.35. The summed E-state index contributed by atoms with van der Waals surface area (Å²) in [6.07, 6.45) is 7.95. The van der Waals surface area contributed by atoms with Crippen LogP contribution in [0, 0.1) is 11.8 Å². The lowest BCUT2D eigenvalue weighted by Gasteiger charge is -2.22. The first-order valence-electron chi connectivity index (χ1n) is 9.39.